The van der Waals surface area contributed by atoms with Crippen LogP contribution in [0.1, 0.15) is 51.5 Å². The largest absolute Gasteiger partial charge is 0.378 e. The smallest absolute Gasteiger partial charge is 0.232 e. The number of hydrogen-bond acceptors (Lipinski definition) is 6. The van der Waals surface area contributed by atoms with Gasteiger partial charge in [-0.05, 0) is 61.0 Å². The Bertz CT molecular complexity index is 1080. The van der Waals surface area contributed by atoms with E-state index in [0.717, 1.165) is 62.2 Å². The molecule has 1 aliphatic carbocycles. The molecule has 2 aromatic rings. The molecule has 1 aromatic heterocycles. The van der Waals surface area contributed by atoms with Gasteiger partial charge in [-0.3, -0.25) is 0 Å². The van der Waals surface area contributed by atoms with Gasteiger partial charge in [-0.2, -0.15) is 9.97 Å². The average Bonchev–Trinajstić information content (AvgIpc) is 3.38. The van der Waals surface area contributed by atoms with Crippen LogP contribution in [0.4, 0.5) is 17.6 Å². The zero-order valence-corrected chi connectivity index (χ0v) is 23.6. The van der Waals surface area contributed by atoms with Crippen LogP contribution in [0, 0.1) is 11.8 Å². The minimum absolute atomic E-state index is 0.0401. The standard InChI is InChI=1S/C28H39ClN6OS/c1-20-14-21(2)18-35(17-20)25-16-24(34-10-12-36-13-11-34)31-26(32-25)33-27(37)30-19-28(8-3-4-9-28)22-6-5-7-23(29)15-22/h5-7,15-16,20-21H,3-4,8-14,17-19H2,1-2H3,(H2,30,31,32,33,37)/t20-,21-/m1/s1. The van der Waals surface area contributed by atoms with Gasteiger partial charge < -0.3 is 25.2 Å². The van der Waals surface area contributed by atoms with Crippen molar-refractivity contribution in [2.75, 3.05) is 61.1 Å². The van der Waals surface area contributed by atoms with Gasteiger partial charge in [0.1, 0.15) is 11.6 Å². The molecule has 0 unspecified atom stereocenters. The number of nitrogens with zero attached hydrogens (tertiary/aromatic N) is 4. The summed E-state index contributed by atoms with van der Waals surface area (Å²) in [6, 6.07) is 10.4. The van der Waals surface area contributed by atoms with Gasteiger partial charge in [0.15, 0.2) is 5.11 Å². The molecule has 5 rings (SSSR count). The maximum atomic E-state index is 6.34. The van der Waals surface area contributed by atoms with Crippen LogP contribution in [-0.2, 0) is 10.2 Å². The first-order chi connectivity index (χ1) is 17.9. The molecule has 3 heterocycles. The van der Waals surface area contributed by atoms with Gasteiger partial charge in [-0.25, -0.2) is 0 Å². The predicted molar refractivity (Wildman–Crippen MR) is 156 cm³/mol. The summed E-state index contributed by atoms with van der Waals surface area (Å²) >= 11 is 12.1. The van der Waals surface area contributed by atoms with E-state index in [1.807, 2.05) is 12.1 Å². The molecule has 2 atom stereocenters. The molecule has 0 spiro atoms. The van der Waals surface area contributed by atoms with Gasteiger partial charge in [0.2, 0.25) is 5.95 Å². The van der Waals surface area contributed by atoms with E-state index in [9.17, 15) is 0 Å². The first-order valence-corrected chi connectivity index (χ1v) is 14.5. The fraction of sp³-hybridized carbons (Fsp3) is 0.607. The van der Waals surface area contributed by atoms with Crippen LogP contribution >= 0.6 is 23.8 Å². The summed E-state index contributed by atoms with van der Waals surface area (Å²) in [4.78, 5) is 14.5. The maximum Gasteiger partial charge on any atom is 0.232 e. The lowest BCUT2D eigenvalue weighted by atomic mass is 9.79. The average molecular weight is 543 g/mol. The Labute approximate surface area is 231 Å². The molecule has 200 valence electrons. The van der Waals surface area contributed by atoms with E-state index < -0.39 is 0 Å². The third-order valence-corrected chi connectivity index (χ3v) is 8.52. The van der Waals surface area contributed by atoms with E-state index in [0.29, 0.717) is 36.1 Å². The van der Waals surface area contributed by atoms with Gasteiger partial charge in [0.05, 0.1) is 13.2 Å². The highest BCUT2D eigenvalue weighted by Gasteiger charge is 2.36. The summed E-state index contributed by atoms with van der Waals surface area (Å²) in [5.41, 5.74) is 1.33. The molecule has 0 radical (unpaired) electrons. The van der Waals surface area contributed by atoms with Crippen molar-refractivity contribution in [2.45, 2.75) is 51.4 Å². The number of thiocarbonyl (C=S) groups is 1. The molecule has 2 aliphatic heterocycles. The number of nitrogens with one attached hydrogen (secondary N) is 2. The summed E-state index contributed by atoms with van der Waals surface area (Å²) in [6.45, 7) is 10.5. The van der Waals surface area contributed by atoms with E-state index in [4.69, 9.17) is 38.5 Å². The van der Waals surface area contributed by atoms with Crippen molar-refractivity contribution in [2.24, 2.45) is 11.8 Å². The number of hydrogen-bond donors (Lipinski definition) is 2. The SMILES string of the molecule is C[C@@H]1C[C@@H](C)CN(c2cc(N3CCOCC3)nc(NC(=S)NCC3(c4cccc(Cl)c4)CCCC3)n2)C1. The molecule has 37 heavy (non-hydrogen) atoms. The summed E-state index contributed by atoms with van der Waals surface area (Å²) < 4.78 is 5.57. The molecule has 1 aromatic carbocycles. The number of benzene rings is 1. The lowest BCUT2D eigenvalue weighted by molar-refractivity contribution is 0.122. The number of ether oxygens (including phenoxy) is 1. The van der Waals surface area contributed by atoms with E-state index >= 15 is 0 Å². The van der Waals surface area contributed by atoms with E-state index in [1.54, 1.807) is 0 Å². The zero-order valence-electron chi connectivity index (χ0n) is 22.0. The van der Waals surface area contributed by atoms with Crippen LogP contribution in [-0.4, -0.2) is 61.0 Å². The highest BCUT2D eigenvalue weighted by molar-refractivity contribution is 7.80. The fourth-order valence-corrected chi connectivity index (χ4v) is 6.63. The van der Waals surface area contributed by atoms with Crippen molar-refractivity contribution in [3.05, 3.63) is 40.9 Å². The molecule has 2 N–H and O–H groups in total. The molecule has 7 nitrogen and oxygen atoms in total. The molecular weight excluding hydrogens is 504 g/mol. The second-order valence-corrected chi connectivity index (χ2v) is 12.0. The van der Waals surface area contributed by atoms with Gasteiger partial charge in [0, 0.05) is 49.2 Å². The van der Waals surface area contributed by atoms with Crippen molar-refractivity contribution >= 4 is 46.5 Å². The number of anilines is 3. The van der Waals surface area contributed by atoms with Crippen molar-refractivity contribution in [1.82, 2.24) is 15.3 Å². The van der Waals surface area contributed by atoms with Crippen LogP contribution in [0.5, 0.6) is 0 Å². The van der Waals surface area contributed by atoms with E-state index in [1.165, 1.54) is 24.8 Å². The second kappa shape index (κ2) is 11.7. The van der Waals surface area contributed by atoms with Crippen LogP contribution in [0.3, 0.4) is 0 Å². The van der Waals surface area contributed by atoms with Crippen LogP contribution in [0.25, 0.3) is 0 Å². The first-order valence-electron chi connectivity index (χ1n) is 13.7. The summed E-state index contributed by atoms with van der Waals surface area (Å²) in [5, 5.41) is 8.15. The van der Waals surface area contributed by atoms with Gasteiger partial charge in [-0.1, -0.05) is 50.4 Å². The second-order valence-electron chi connectivity index (χ2n) is 11.2. The highest BCUT2D eigenvalue weighted by Crippen LogP contribution is 2.41. The quantitative estimate of drug-likeness (QED) is 0.480. The molecule has 1 saturated carbocycles. The molecule has 0 bridgehead atoms. The lowest BCUT2D eigenvalue weighted by Crippen LogP contribution is -2.42. The summed E-state index contributed by atoms with van der Waals surface area (Å²) in [5.74, 6) is 3.71. The molecule has 3 fully saturated rings. The molecular formula is C28H39ClN6OS. The Kier molecular flexibility index (Phi) is 8.37. The topological polar surface area (TPSA) is 65.6 Å². The molecule has 9 heteroatoms. The van der Waals surface area contributed by atoms with E-state index in [-0.39, 0.29) is 5.41 Å². The summed E-state index contributed by atoms with van der Waals surface area (Å²) in [6.07, 6.45) is 5.94. The minimum Gasteiger partial charge on any atom is -0.378 e. The monoisotopic (exact) mass is 542 g/mol. The van der Waals surface area contributed by atoms with Crippen molar-refractivity contribution in [3.63, 3.8) is 0 Å². The molecule has 3 aliphatic rings. The van der Waals surface area contributed by atoms with E-state index in [2.05, 4.69) is 52.5 Å². The summed E-state index contributed by atoms with van der Waals surface area (Å²) in [7, 11) is 0. The Hall–Kier alpha value is -2.16. The zero-order chi connectivity index (χ0) is 25.8. The van der Waals surface area contributed by atoms with Gasteiger partial charge >= 0.3 is 0 Å². The number of piperidine rings is 1. The van der Waals surface area contributed by atoms with Crippen LogP contribution in [0.15, 0.2) is 30.3 Å². The number of aromatic nitrogens is 2. The number of morpholine rings is 1. The third-order valence-electron chi connectivity index (χ3n) is 8.04. The van der Waals surface area contributed by atoms with Crippen molar-refractivity contribution in [3.8, 4) is 0 Å². The Morgan fingerprint density at radius 2 is 1.73 bits per heavy atom. The number of rotatable bonds is 6. The first kappa shape index (κ1) is 26.4. The normalized spacial score (nSPS) is 23.6. The lowest BCUT2D eigenvalue weighted by Gasteiger charge is -2.36. The number of halogens is 1. The predicted octanol–water partition coefficient (Wildman–Crippen LogP) is 5.25. The van der Waals surface area contributed by atoms with Gasteiger partial charge in [-0.15, -0.1) is 0 Å². The van der Waals surface area contributed by atoms with Gasteiger partial charge in [0.25, 0.3) is 0 Å². The fourth-order valence-electron chi connectivity index (χ4n) is 6.28. The van der Waals surface area contributed by atoms with Crippen molar-refractivity contribution in [1.29, 1.82) is 0 Å². The van der Waals surface area contributed by atoms with Crippen LogP contribution in [0.2, 0.25) is 5.02 Å². The maximum absolute atomic E-state index is 6.34. The minimum atomic E-state index is 0.0401. The van der Waals surface area contributed by atoms with Crippen LogP contribution < -0.4 is 20.4 Å². The third kappa shape index (κ3) is 6.47. The Morgan fingerprint density at radius 1 is 1.05 bits per heavy atom. The highest BCUT2D eigenvalue weighted by atomic mass is 35.5. The Balaban J connectivity index is 1.33. The Morgan fingerprint density at radius 3 is 2.41 bits per heavy atom. The van der Waals surface area contributed by atoms with Crippen molar-refractivity contribution < 1.29 is 4.74 Å². The molecule has 0 amide bonds. The molecule has 2 saturated heterocycles.